The van der Waals surface area contributed by atoms with Crippen molar-refractivity contribution in [1.82, 2.24) is 9.97 Å². The van der Waals surface area contributed by atoms with Gasteiger partial charge in [-0.25, -0.2) is 9.97 Å². The summed E-state index contributed by atoms with van der Waals surface area (Å²) in [7, 11) is 0. The second kappa shape index (κ2) is 7.64. The summed E-state index contributed by atoms with van der Waals surface area (Å²) in [5, 5.41) is 4.07. The Morgan fingerprint density at radius 3 is 2.48 bits per heavy atom. The van der Waals surface area contributed by atoms with Gasteiger partial charge in [-0.3, -0.25) is 4.79 Å². The van der Waals surface area contributed by atoms with Gasteiger partial charge in [0.05, 0.1) is 5.75 Å². The van der Waals surface area contributed by atoms with Crippen molar-refractivity contribution in [3.05, 3.63) is 11.4 Å². The van der Waals surface area contributed by atoms with Crippen molar-refractivity contribution in [3.63, 3.8) is 0 Å². The molecule has 5 nitrogen and oxygen atoms in total. The van der Waals surface area contributed by atoms with Gasteiger partial charge in [0.2, 0.25) is 0 Å². The highest BCUT2D eigenvalue weighted by Crippen LogP contribution is 2.25. The summed E-state index contributed by atoms with van der Waals surface area (Å²) in [6.07, 6.45) is 0.763. The minimum atomic E-state index is -0.456. The Hall–Kier alpha value is -1.30. The Labute approximate surface area is 131 Å². The van der Waals surface area contributed by atoms with Gasteiger partial charge >= 0.3 is 5.97 Å². The lowest BCUT2D eigenvalue weighted by Crippen LogP contribution is -2.25. The van der Waals surface area contributed by atoms with Crippen LogP contribution in [0, 0.1) is 6.92 Å². The zero-order valence-corrected chi connectivity index (χ0v) is 14.6. The molecule has 21 heavy (non-hydrogen) atoms. The van der Waals surface area contributed by atoms with E-state index in [0.717, 1.165) is 35.2 Å². The second-order valence-electron chi connectivity index (χ2n) is 5.68. The molecule has 0 saturated carbocycles. The van der Waals surface area contributed by atoms with Crippen molar-refractivity contribution in [2.45, 2.75) is 58.6 Å². The predicted octanol–water partition coefficient (Wildman–Crippen LogP) is 3.21. The highest BCUT2D eigenvalue weighted by Gasteiger charge is 2.18. The van der Waals surface area contributed by atoms with E-state index in [4.69, 9.17) is 4.74 Å². The van der Waals surface area contributed by atoms with Crippen LogP contribution in [0.2, 0.25) is 0 Å². The van der Waals surface area contributed by atoms with Crippen molar-refractivity contribution in [1.29, 1.82) is 0 Å². The molecule has 1 N–H and O–H groups in total. The van der Waals surface area contributed by atoms with Gasteiger partial charge in [-0.1, -0.05) is 18.7 Å². The summed E-state index contributed by atoms with van der Waals surface area (Å²) in [6.45, 7) is 12.4. The Balaban J connectivity index is 2.82. The number of nitrogens with zero attached hydrogens (tertiary/aromatic N) is 2. The molecule has 1 aromatic rings. The molecule has 0 aliphatic heterocycles. The van der Waals surface area contributed by atoms with E-state index in [1.165, 1.54) is 11.8 Å². The highest BCUT2D eigenvalue weighted by atomic mass is 32.2. The van der Waals surface area contributed by atoms with Crippen LogP contribution in [0.5, 0.6) is 0 Å². The van der Waals surface area contributed by atoms with E-state index in [1.54, 1.807) is 0 Å². The highest BCUT2D eigenvalue weighted by molar-refractivity contribution is 7.99. The molecule has 0 radical (unpaired) electrons. The summed E-state index contributed by atoms with van der Waals surface area (Å²) < 4.78 is 5.31. The molecule has 0 unspecified atom stereocenters. The Morgan fingerprint density at radius 1 is 1.29 bits per heavy atom. The standard InChI is InChI=1S/C15H25N3O2S/c1-7-11-17-13(16-8-2)10(3)14(18-11)21-9-12(19)20-15(4,5)6/h7-9H2,1-6H3,(H,16,17,18). The molecule has 0 bridgehead atoms. The van der Waals surface area contributed by atoms with E-state index in [2.05, 4.69) is 15.3 Å². The van der Waals surface area contributed by atoms with Crippen molar-refractivity contribution >= 4 is 23.5 Å². The summed E-state index contributed by atoms with van der Waals surface area (Å²) in [6, 6.07) is 0. The van der Waals surface area contributed by atoms with Gasteiger partial charge in [0.15, 0.2) is 0 Å². The maximum absolute atomic E-state index is 11.8. The van der Waals surface area contributed by atoms with Crippen molar-refractivity contribution in [3.8, 4) is 0 Å². The average Bonchev–Trinajstić information content (AvgIpc) is 2.38. The molecule has 1 heterocycles. The fourth-order valence-electron chi connectivity index (χ4n) is 1.68. The normalized spacial score (nSPS) is 11.3. The summed E-state index contributed by atoms with van der Waals surface area (Å²) in [5.41, 5.74) is 0.518. The molecule has 0 fully saturated rings. The molecule has 0 amide bonds. The average molecular weight is 311 g/mol. The number of esters is 1. The van der Waals surface area contributed by atoms with Crippen LogP contribution in [-0.4, -0.2) is 33.8 Å². The van der Waals surface area contributed by atoms with E-state index >= 15 is 0 Å². The van der Waals surface area contributed by atoms with Crippen LogP contribution < -0.4 is 5.32 Å². The van der Waals surface area contributed by atoms with Gasteiger partial charge in [0.1, 0.15) is 22.3 Å². The zero-order chi connectivity index (χ0) is 16.0. The monoisotopic (exact) mass is 311 g/mol. The lowest BCUT2D eigenvalue weighted by molar-refractivity contribution is -0.151. The first-order valence-corrected chi connectivity index (χ1v) is 8.21. The van der Waals surface area contributed by atoms with Crippen LogP contribution in [0.4, 0.5) is 5.82 Å². The van der Waals surface area contributed by atoms with E-state index in [0.29, 0.717) is 0 Å². The fraction of sp³-hybridized carbons (Fsp3) is 0.667. The van der Waals surface area contributed by atoms with Crippen LogP contribution in [0.25, 0.3) is 0 Å². The molecule has 1 rings (SSSR count). The number of carbonyl (C=O) groups is 1. The van der Waals surface area contributed by atoms with E-state index < -0.39 is 5.60 Å². The molecule has 0 aromatic carbocycles. The largest absolute Gasteiger partial charge is 0.459 e. The van der Waals surface area contributed by atoms with Crippen molar-refractivity contribution in [2.75, 3.05) is 17.6 Å². The number of thioether (sulfide) groups is 1. The fourth-order valence-corrected chi connectivity index (χ4v) is 2.47. The summed E-state index contributed by atoms with van der Waals surface area (Å²) in [5.74, 6) is 1.65. The van der Waals surface area contributed by atoms with Crippen LogP contribution in [0.15, 0.2) is 5.03 Å². The SMILES string of the molecule is CCNc1nc(CC)nc(SCC(=O)OC(C)(C)C)c1C. The number of rotatable bonds is 6. The number of ether oxygens (including phenoxy) is 1. The zero-order valence-electron chi connectivity index (χ0n) is 13.7. The Bertz CT molecular complexity index is 498. The van der Waals surface area contributed by atoms with E-state index in [-0.39, 0.29) is 11.7 Å². The number of hydrogen-bond acceptors (Lipinski definition) is 6. The minimum Gasteiger partial charge on any atom is -0.459 e. The lowest BCUT2D eigenvalue weighted by atomic mass is 10.2. The third kappa shape index (κ3) is 5.91. The first kappa shape index (κ1) is 17.8. The second-order valence-corrected chi connectivity index (χ2v) is 6.64. The number of carbonyl (C=O) groups excluding carboxylic acids is 1. The topological polar surface area (TPSA) is 64.1 Å². The molecule has 1 aromatic heterocycles. The van der Waals surface area contributed by atoms with Crippen molar-refractivity contribution in [2.24, 2.45) is 0 Å². The molecular formula is C15H25N3O2S. The van der Waals surface area contributed by atoms with Gasteiger partial charge in [0.25, 0.3) is 0 Å². The van der Waals surface area contributed by atoms with E-state index in [9.17, 15) is 4.79 Å². The summed E-state index contributed by atoms with van der Waals surface area (Å²) >= 11 is 1.40. The van der Waals surface area contributed by atoms with Crippen LogP contribution >= 0.6 is 11.8 Å². The molecule has 0 aliphatic carbocycles. The van der Waals surface area contributed by atoms with Gasteiger partial charge in [-0.15, -0.1) is 0 Å². The third-order valence-electron chi connectivity index (χ3n) is 2.55. The van der Waals surface area contributed by atoms with Crippen LogP contribution in [0.3, 0.4) is 0 Å². The van der Waals surface area contributed by atoms with Gasteiger partial charge in [0, 0.05) is 18.5 Å². The number of aromatic nitrogens is 2. The maximum atomic E-state index is 11.8. The molecule has 0 saturated heterocycles. The molecular weight excluding hydrogens is 286 g/mol. The Morgan fingerprint density at radius 2 is 1.95 bits per heavy atom. The van der Waals surface area contributed by atoms with Crippen molar-refractivity contribution < 1.29 is 9.53 Å². The summed E-state index contributed by atoms with van der Waals surface area (Å²) in [4.78, 5) is 20.8. The molecule has 118 valence electrons. The molecule has 0 atom stereocenters. The third-order valence-corrected chi connectivity index (χ3v) is 3.61. The van der Waals surface area contributed by atoms with Crippen LogP contribution in [-0.2, 0) is 16.0 Å². The number of anilines is 1. The smallest absolute Gasteiger partial charge is 0.316 e. The quantitative estimate of drug-likeness (QED) is 0.494. The van der Waals surface area contributed by atoms with Crippen LogP contribution in [0.1, 0.15) is 46.0 Å². The van der Waals surface area contributed by atoms with Gasteiger partial charge in [-0.2, -0.15) is 0 Å². The molecule has 0 spiro atoms. The minimum absolute atomic E-state index is 0.228. The predicted molar refractivity (Wildman–Crippen MR) is 86.9 cm³/mol. The number of aryl methyl sites for hydroxylation is 1. The first-order chi connectivity index (χ1) is 9.76. The lowest BCUT2D eigenvalue weighted by Gasteiger charge is -2.19. The first-order valence-electron chi connectivity index (χ1n) is 7.22. The maximum Gasteiger partial charge on any atom is 0.316 e. The van der Waals surface area contributed by atoms with Gasteiger partial charge < -0.3 is 10.1 Å². The van der Waals surface area contributed by atoms with Gasteiger partial charge in [-0.05, 0) is 34.6 Å². The van der Waals surface area contributed by atoms with E-state index in [1.807, 2.05) is 41.5 Å². The number of hydrogen-bond donors (Lipinski definition) is 1. The number of nitrogens with one attached hydrogen (secondary N) is 1. The molecule has 0 aliphatic rings. The Kier molecular flexibility index (Phi) is 6.45. The molecule has 6 heteroatoms.